The van der Waals surface area contributed by atoms with E-state index in [4.69, 9.17) is 26.2 Å². The van der Waals surface area contributed by atoms with Gasteiger partial charge in [0.1, 0.15) is 11.8 Å². The van der Waals surface area contributed by atoms with Crippen LogP contribution >= 0.6 is 23.4 Å². The van der Waals surface area contributed by atoms with Gasteiger partial charge in [-0.15, -0.1) is 5.10 Å². The molecule has 1 atom stereocenters. The third-order valence-electron chi connectivity index (χ3n) is 6.82. The SMILES string of the molecule is COC(=O)C1=C(C)Nc2nc(SCc3ccccc3Cl)nn2C1c1ccc(OCC(=O)N2CCCCC2)cc1. The van der Waals surface area contributed by atoms with E-state index >= 15 is 0 Å². The molecule has 0 aliphatic carbocycles. The number of carbonyl (C=O) groups excluding carboxylic acids is 2. The molecule has 5 rings (SSSR count). The number of methoxy groups -OCH3 is 1. The number of allylic oxidation sites excluding steroid dienone is 1. The van der Waals surface area contributed by atoms with E-state index in [0.29, 0.717) is 38.9 Å². The summed E-state index contributed by atoms with van der Waals surface area (Å²) in [5, 5.41) is 9.16. The summed E-state index contributed by atoms with van der Waals surface area (Å²) in [5.74, 6) is 1.25. The number of nitrogens with one attached hydrogen (secondary N) is 1. The number of fused-ring (bicyclic) bond motifs is 1. The first-order chi connectivity index (χ1) is 18.9. The second-order valence-corrected chi connectivity index (χ2v) is 10.7. The highest BCUT2D eigenvalue weighted by atomic mass is 35.5. The summed E-state index contributed by atoms with van der Waals surface area (Å²) in [5.41, 5.74) is 2.87. The van der Waals surface area contributed by atoms with Gasteiger partial charge in [-0.05, 0) is 55.5 Å². The number of esters is 1. The fraction of sp³-hybridized carbons (Fsp3) is 0.357. The lowest BCUT2D eigenvalue weighted by atomic mass is 9.96. The number of hydrogen-bond acceptors (Lipinski definition) is 8. The molecule has 1 N–H and O–H groups in total. The van der Waals surface area contributed by atoms with Gasteiger partial charge in [0, 0.05) is 29.6 Å². The molecular formula is C28H30ClN5O4S. The quantitative estimate of drug-likeness (QED) is 0.297. The molecule has 3 aromatic rings. The number of rotatable bonds is 8. The predicted molar refractivity (Wildman–Crippen MR) is 150 cm³/mol. The van der Waals surface area contributed by atoms with Gasteiger partial charge in [0.15, 0.2) is 6.61 Å². The molecule has 0 spiro atoms. The molecule has 1 fully saturated rings. The predicted octanol–water partition coefficient (Wildman–Crippen LogP) is 5.08. The van der Waals surface area contributed by atoms with E-state index in [1.807, 2.05) is 48.2 Å². The van der Waals surface area contributed by atoms with Gasteiger partial charge in [-0.25, -0.2) is 9.48 Å². The topological polar surface area (TPSA) is 98.6 Å². The Kier molecular flexibility index (Phi) is 8.42. The number of ether oxygens (including phenoxy) is 2. The maximum atomic E-state index is 12.9. The highest BCUT2D eigenvalue weighted by molar-refractivity contribution is 7.98. The van der Waals surface area contributed by atoms with Crippen molar-refractivity contribution in [2.75, 3.05) is 32.1 Å². The highest BCUT2D eigenvalue weighted by Gasteiger charge is 2.35. The van der Waals surface area contributed by atoms with Crippen molar-refractivity contribution in [1.29, 1.82) is 0 Å². The Morgan fingerprint density at radius 2 is 1.85 bits per heavy atom. The molecule has 1 aromatic heterocycles. The van der Waals surface area contributed by atoms with Crippen molar-refractivity contribution < 1.29 is 19.1 Å². The molecule has 1 unspecified atom stereocenters. The van der Waals surface area contributed by atoms with Crippen LogP contribution in [0.25, 0.3) is 0 Å². The lowest BCUT2D eigenvalue weighted by Crippen LogP contribution is -2.38. The Balaban J connectivity index is 1.36. The van der Waals surface area contributed by atoms with Crippen molar-refractivity contribution in [2.45, 2.75) is 43.1 Å². The van der Waals surface area contributed by atoms with Gasteiger partial charge in [0.25, 0.3) is 5.91 Å². The Morgan fingerprint density at radius 1 is 1.10 bits per heavy atom. The molecule has 2 aliphatic rings. The molecule has 11 heteroatoms. The number of halogens is 1. The minimum absolute atomic E-state index is 0.00163. The maximum absolute atomic E-state index is 12.9. The minimum atomic E-state index is -0.556. The van der Waals surface area contributed by atoms with Crippen molar-refractivity contribution in [3.63, 3.8) is 0 Å². The number of benzene rings is 2. The van der Waals surface area contributed by atoms with Gasteiger partial charge in [-0.3, -0.25) is 4.79 Å². The number of nitrogens with zero attached hydrogens (tertiary/aromatic N) is 4. The molecule has 0 bridgehead atoms. The van der Waals surface area contributed by atoms with Crippen molar-refractivity contribution >= 4 is 41.2 Å². The normalized spacial score (nSPS) is 16.9. The number of hydrogen-bond donors (Lipinski definition) is 1. The molecule has 39 heavy (non-hydrogen) atoms. The number of piperidine rings is 1. The van der Waals surface area contributed by atoms with Gasteiger partial charge >= 0.3 is 5.97 Å². The molecule has 1 amide bonds. The van der Waals surface area contributed by atoms with E-state index in [9.17, 15) is 9.59 Å². The summed E-state index contributed by atoms with van der Waals surface area (Å²) < 4.78 is 12.6. The first kappa shape index (κ1) is 27.1. The first-order valence-electron chi connectivity index (χ1n) is 12.8. The van der Waals surface area contributed by atoms with E-state index in [-0.39, 0.29) is 12.5 Å². The van der Waals surface area contributed by atoms with Gasteiger partial charge in [0.05, 0.1) is 12.7 Å². The van der Waals surface area contributed by atoms with Crippen molar-refractivity contribution in [1.82, 2.24) is 19.7 Å². The van der Waals surface area contributed by atoms with Crippen LogP contribution in [-0.2, 0) is 20.1 Å². The fourth-order valence-corrected chi connectivity index (χ4v) is 5.87. The van der Waals surface area contributed by atoms with Crippen LogP contribution in [0.1, 0.15) is 43.4 Å². The van der Waals surface area contributed by atoms with E-state index in [1.54, 1.807) is 16.8 Å². The number of thioether (sulfide) groups is 1. The van der Waals surface area contributed by atoms with Gasteiger partial charge in [0.2, 0.25) is 11.1 Å². The summed E-state index contributed by atoms with van der Waals surface area (Å²) in [4.78, 5) is 31.9. The molecular weight excluding hydrogens is 538 g/mol. The molecule has 1 saturated heterocycles. The third kappa shape index (κ3) is 6.07. The molecule has 9 nitrogen and oxygen atoms in total. The zero-order valence-electron chi connectivity index (χ0n) is 21.9. The highest BCUT2D eigenvalue weighted by Crippen LogP contribution is 2.37. The van der Waals surface area contributed by atoms with Gasteiger partial charge in [-0.1, -0.05) is 53.7 Å². The Labute approximate surface area is 236 Å². The van der Waals surface area contributed by atoms with Crippen LogP contribution in [0.15, 0.2) is 65.0 Å². The summed E-state index contributed by atoms with van der Waals surface area (Å²) in [6.07, 6.45) is 3.24. The van der Waals surface area contributed by atoms with Gasteiger partial charge in [-0.2, -0.15) is 4.98 Å². The van der Waals surface area contributed by atoms with Crippen molar-refractivity contribution in [3.8, 4) is 5.75 Å². The standard InChI is InChI=1S/C28H30ClN5O4S/c1-18-24(26(36)37-2)25(19-10-12-21(13-11-19)38-16-23(35)33-14-6-3-7-15-33)34-27(30-18)31-28(32-34)39-17-20-8-4-5-9-22(20)29/h4-5,8-13,25H,3,6-7,14-17H2,1-2H3,(H,30,31,32). The van der Waals surface area contributed by atoms with Crippen LogP contribution in [0.3, 0.4) is 0 Å². The van der Waals surface area contributed by atoms with Gasteiger partial charge < -0.3 is 19.7 Å². The number of carbonyl (C=O) groups is 2. The number of amides is 1. The van der Waals surface area contributed by atoms with Crippen LogP contribution in [0.2, 0.25) is 5.02 Å². The largest absolute Gasteiger partial charge is 0.484 e. The minimum Gasteiger partial charge on any atom is -0.484 e. The van der Waals surface area contributed by atoms with Crippen LogP contribution < -0.4 is 10.1 Å². The zero-order valence-corrected chi connectivity index (χ0v) is 23.4. The monoisotopic (exact) mass is 567 g/mol. The van der Waals surface area contributed by atoms with Crippen LogP contribution in [-0.4, -0.2) is 58.3 Å². The number of aromatic nitrogens is 3. The smallest absolute Gasteiger partial charge is 0.338 e. The second-order valence-electron chi connectivity index (χ2n) is 9.40. The van der Waals surface area contributed by atoms with E-state index in [0.717, 1.165) is 37.1 Å². The second kappa shape index (κ2) is 12.1. The lowest BCUT2D eigenvalue weighted by Gasteiger charge is -2.28. The van der Waals surface area contributed by atoms with Crippen LogP contribution in [0.4, 0.5) is 5.95 Å². The molecule has 0 saturated carbocycles. The lowest BCUT2D eigenvalue weighted by molar-refractivity contribution is -0.136. The van der Waals surface area contributed by atoms with Crippen LogP contribution in [0, 0.1) is 0 Å². The van der Waals surface area contributed by atoms with E-state index < -0.39 is 12.0 Å². The molecule has 2 aliphatic heterocycles. The average molecular weight is 568 g/mol. The zero-order chi connectivity index (χ0) is 27.4. The Morgan fingerprint density at radius 3 is 2.56 bits per heavy atom. The Bertz CT molecular complexity index is 1380. The van der Waals surface area contributed by atoms with Crippen LogP contribution in [0.5, 0.6) is 5.75 Å². The molecule has 3 heterocycles. The molecule has 2 aromatic carbocycles. The fourth-order valence-electron chi connectivity index (χ4n) is 4.76. The molecule has 0 radical (unpaired) electrons. The maximum Gasteiger partial charge on any atom is 0.338 e. The first-order valence-corrected chi connectivity index (χ1v) is 14.2. The number of likely N-dealkylation sites (tertiary alicyclic amines) is 1. The van der Waals surface area contributed by atoms with E-state index in [1.165, 1.54) is 25.3 Å². The summed E-state index contributed by atoms with van der Waals surface area (Å²) >= 11 is 7.77. The summed E-state index contributed by atoms with van der Waals surface area (Å²) in [6.45, 7) is 3.39. The average Bonchev–Trinajstić information content (AvgIpc) is 3.37. The van der Waals surface area contributed by atoms with Crippen molar-refractivity contribution in [2.24, 2.45) is 0 Å². The third-order valence-corrected chi connectivity index (χ3v) is 8.08. The summed E-state index contributed by atoms with van der Waals surface area (Å²) in [6, 6.07) is 14.4. The summed E-state index contributed by atoms with van der Waals surface area (Å²) in [7, 11) is 1.36. The van der Waals surface area contributed by atoms with E-state index in [2.05, 4.69) is 10.3 Å². The number of anilines is 1. The Hall–Kier alpha value is -3.50. The molecule has 204 valence electrons. The van der Waals surface area contributed by atoms with Crippen molar-refractivity contribution in [3.05, 3.63) is 76.0 Å².